The molecular formula is C17H16S2. The third kappa shape index (κ3) is 2.75. The van der Waals surface area contributed by atoms with Gasteiger partial charge in [-0.3, -0.25) is 0 Å². The summed E-state index contributed by atoms with van der Waals surface area (Å²) >= 11 is 3.95. The minimum Gasteiger partial charge on any atom is -0.105 e. The maximum Gasteiger partial charge on any atom is 0.0849 e. The van der Waals surface area contributed by atoms with E-state index in [9.17, 15) is 0 Å². The SMILES string of the molecule is CCC=C(c1ccccc1)C1Sc2ccccc2S1. The summed E-state index contributed by atoms with van der Waals surface area (Å²) in [6.45, 7) is 2.21. The average molecular weight is 284 g/mol. The standard InChI is InChI=1S/C17H16S2/c1-2-8-14(13-9-4-3-5-10-13)17-18-15-11-6-7-12-16(15)19-17/h3-12,17H,2H2,1H3. The molecule has 2 aromatic rings. The van der Waals surface area contributed by atoms with Gasteiger partial charge in [0.25, 0.3) is 0 Å². The van der Waals surface area contributed by atoms with E-state index < -0.39 is 0 Å². The second-order valence-corrected chi connectivity index (χ2v) is 7.04. The molecule has 96 valence electrons. The Morgan fingerprint density at radius 3 is 2.11 bits per heavy atom. The van der Waals surface area contributed by atoms with Crippen LogP contribution in [0.1, 0.15) is 18.9 Å². The summed E-state index contributed by atoms with van der Waals surface area (Å²) in [7, 11) is 0. The van der Waals surface area contributed by atoms with Crippen LogP contribution in [-0.2, 0) is 0 Å². The van der Waals surface area contributed by atoms with Crippen molar-refractivity contribution in [3.63, 3.8) is 0 Å². The van der Waals surface area contributed by atoms with Gasteiger partial charge in [-0.25, -0.2) is 0 Å². The van der Waals surface area contributed by atoms with Gasteiger partial charge in [-0.2, -0.15) is 0 Å². The molecule has 0 nitrogen and oxygen atoms in total. The summed E-state index contributed by atoms with van der Waals surface area (Å²) in [6.07, 6.45) is 3.45. The first-order valence-corrected chi connectivity index (χ1v) is 8.32. The lowest BCUT2D eigenvalue weighted by molar-refractivity contribution is 1.22. The van der Waals surface area contributed by atoms with Crippen molar-refractivity contribution in [1.82, 2.24) is 0 Å². The second kappa shape index (κ2) is 5.89. The number of fused-ring (bicyclic) bond motifs is 1. The lowest BCUT2D eigenvalue weighted by atomic mass is 10.1. The Morgan fingerprint density at radius 2 is 1.53 bits per heavy atom. The van der Waals surface area contributed by atoms with Crippen molar-refractivity contribution in [3.8, 4) is 0 Å². The minimum absolute atomic E-state index is 0.486. The first-order valence-electron chi connectivity index (χ1n) is 6.56. The molecule has 0 N–H and O–H groups in total. The Balaban J connectivity index is 1.91. The first-order chi connectivity index (χ1) is 9.38. The van der Waals surface area contributed by atoms with Gasteiger partial charge in [-0.05, 0) is 29.7 Å². The third-order valence-corrected chi connectivity index (χ3v) is 5.96. The van der Waals surface area contributed by atoms with E-state index in [1.807, 2.05) is 23.5 Å². The molecule has 0 aliphatic carbocycles. The Labute approximate surface area is 123 Å². The quantitative estimate of drug-likeness (QED) is 0.708. The number of benzene rings is 2. The number of rotatable bonds is 3. The molecular weight excluding hydrogens is 268 g/mol. The summed E-state index contributed by atoms with van der Waals surface area (Å²) in [4.78, 5) is 2.82. The van der Waals surface area contributed by atoms with Crippen LogP contribution in [-0.4, -0.2) is 4.58 Å². The highest BCUT2D eigenvalue weighted by Gasteiger charge is 2.26. The maximum atomic E-state index is 2.37. The van der Waals surface area contributed by atoms with Crippen molar-refractivity contribution in [2.45, 2.75) is 27.7 Å². The van der Waals surface area contributed by atoms with Crippen LogP contribution in [0.3, 0.4) is 0 Å². The van der Waals surface area contributed by atoms with Gasteiger partial charge in [0.05, 0.1) is 4.58 Å². The van der Waals surface area contributed by atoms with Gasteiger partial charge in [-0.1, -0.05) is 55.5 Å². The van der Waals surface area contributed by atoms with Crippen molar-refractivity contribution < 1.29 is 0 Å². The molecule has 0 spiro atoms. The highest BCUT2D eigenvalue weighted by Crippen LogP contribution is 2.52. The Bertz CT molecular complexity index is 562. The van der Waals surface area contributed by atoms with Gasteiger partial charge in [0.2, 0.25) is 0 Å². The summed E-state index contributed by atoms with van der Waals surface area (Å²) in [5.74, 6) is 0. The van der Waals surface area contributed by atoms with E-state index in [2.05, 4.69) is 67.6 Å². The third-order valence-electron chi connectivity index (χ3n) is 3.10. The van der Waals surface area contributed by atoms with Gasteiger partial charge >= 0.3 is 0 Å². The number of hydrogen-bond donors (Lipinski definition) is 0. The lowest BCUT2D eigenvalue weighted by Gasteiger charge is -2.13. The fourth-order valence-corrected chi connectivity index (χ4v) is 5.19. The van der Waals surface area contributed by atoms with E-state index in [-0.39, 0.29) is 0 Å². The van der Waals surface area contributed by atoms with E-state index in [1.165, 1.54) is 20.9 Å². The average Bonchev–Trinajstić information content (AvgIpc) is 2.89. The second-order valence-electron chi connectivity index (χ2n) is 4.45. The molecule has 1 heterocycles. The van der Waals surface area contributed by atoms with Gasteiger partial charge in [0.1, 0.15) is 0 Å². The molecule has 0 unspecified atom stereocenters. The molecule has 0 aromatic heterocycles. The molecule has 0 amide bonds. The van der Waals surface area contributed by atoms with E-state index in [0.717, 1.165) is 6.42 Å². The van der Waals surface area contributed by atoms with E-state index in [4.69, 9.17) is 0 Å². The van der Waals surface area contributed by atoms with Gasteiger partial charge in [0, 0.05) is 9.79 Å². The number of thioether (sulfide) groups is 2. The van der Waals surface area contributed by atoms with Crippen molar-refractivity contribution in [1.29, 1.82) is 0 Å². The highest BCUT2D eigenvalue weighted by atomic mass is 32.2. The number of hydrogen-bond acceptors (Lipinski definition) is 2. The topological polar surface area (TPSA) is 0 Å². The molecule has 0 bridgehead atoms. The summed E-state index contributed by atoms with van der Waals surface area (Å²) in [5, 5.41) is 0. The highest BCUT2D eigenvalue weighted by molar-refractivity contribution is 8.20. The monoisotopic (exact) mass is 284 g/mol. The molecule has 19 heavy (non-hydrogen) atoms. The van der Waals surface area contributed by atoms with Crippen molar-refractivity contribution in [2.75, 3.05) is 0 Å². The molecule has 0 saturated heterocycles. The molecule has 1 aliphatic heterocycles. The molecule has 0 radical (unpaired) electrons. The molecule has 1 aliphatic rings. The minimum atomic E-state index is 0.486. The molecule has 2 heteroatoms. The van der Waals surface area contributed by atoms with Crippen LogP contribution in [0.15, 0.2) is 70.5 Å². The van der Waals surface area contributed by atoms with Crippen LogP contribution in [0.4, 0.5) is 0 Å². The molecule has 3 rings (SSSR count). The van der Waals surface area contributed by atoms with Crippen LogP contribution in [0, 0.1) is 0 Å². The summed E-state index contributed by atoms with van der Waals surface area (Å²) in [5.41, 5.74) is 2.80. The summed E-state index contributed by atoms with van der Waals surface area (Å²) in [6, 6.07) is 19.4. The smallest absolute Gasteiger partial charge is 0.0849 e. The van der Waals surface area contributed by atoms with E-state index in [1.54, 1.807) is 0 Å². The van der Waals surface area contributed by atoms with Crippen molar-refractivity contribution in [3.05, 3.63) is 66.2 Å². The van der Waals surface area contributed by atoms with E-state index >= 15 is 0 Å². The van der Waals surface area contributed by atoms with Crippen LogP contribution in [0.5, 0.6) is 0 Å². The van der Waals surface area contributed by atoms with Crippen LogP contribution >= 0.6 is 23.5 Å². The van der Waals surface area contributed by atoms with Crippen LogP contribution in [0.2, 0.25) is 0 Å². The van der Waals surface area contributed by atoms with Gasteiger partial charge in [-0.15, -0.1) is 23.5 Å². The Hall–Kier alpha value is -1.12. The maximum absolute atomic E-state index is 2.37. The lowest BCUT2D eigenvalue weighted by Crippen LogP contribution is -1.97. The van der Waals surface area contributed by atoms with Crippen molar-refractivity contribution >= 4 is 29.1 Å². The Kier molecular flexibility index (Phi) is 4.00. The predicted octanol–water partition coefficient (Wildman–Crippen LogP) is 5.70. The molecule has 0 fully saturated rings. The molecule has 0 atom stereocenters. The first kappa shape index (κ1) is 12.9. The van der Waals surface area contributed by atoms with Gasteiger partial charge < -0.3 is 0 Å². The van der Waals surface area contributed by atoms with Crippen LogP contribution in [0.25, 0.3) is 5.57 Å². The zero-order valence-electron chi connectivity index (χ0n) is 10.9. The predicted molar refractivity (Wildman–Crippen MR) is 86.7 cm³/mol. The summed E-state index contributed by atoms with van der Waals surface area (Å²) < 4.78 is 0.486. The zero-order valence-corrected chi connectivity index (χ0v) is 12.5. The van der Waals surface area contributed by atoms with Gasteiger partial charge in [0.15, 0.2) is 0 Å². The number of allylic oxidation sites excluding steroid dienone is 1. The van der Waals surface area contributed by atoms with Crippen molar-refractivity contribution in [2.24, 2.45) is 0 Å². The Morgan fingerprint density at radius 1 is 0.947 bits per heavy atom. The van der Waals surface area contributed by atoms with Crippen LogP contribution < -0.4 is 0 Å². The molecule has 0 saturated carbocycles. The fraction of sp³-hybridized carbons (Fsp3) is 0.176. The molecule has 2 aromatic carbocycles. The largest absolute Gasteiger partial charge is 0.105 e. The fourth-order valence-electron chi connectivity index (χ4n) is 2.23. The van der Waals surface area contributed by atoms with E-state index in [0.29, 0.717) is 4.58 Å². The zero-order chi connectivity index (χ0) is 13.1. The normalized spacial score (nSPS) is 15.5.